The van der Waals surface area contributed by atoms with Crippen molar-refractivity contribution in [2.24, 2.45) is 12.8 Å². The summed E-state index contributed by atoms with van der Waals surface area (Å²) in [4.78, 5) is 14.1. The molecule has 0 radical (unpaired) electrons. The molecule has 0 atom stereocenters. The molecule has 4 nitrogen and oxygen atoms in total. The van der Waals surface area contributed by atoms with Crippen molar-refractivity contribution in [1.29, 1.82) is 0 Å². The molecule has 0 saturated carbocycles. The first-order valence-corrected chi connectivity index (χ1v) is 5.39. The number of aromatic nitrogens is 2. The van der Waals surface area contributed by atoms with Crippen molar-refractivity contribution in [1.82, 2.24) is 9.55 Å². The van der Waals surface area contributed by atoms with Gasteiger partial charge in [0.15, 0.2) is 0 Å². The lowest BCUT2D eigenvalue weighted by molar-refractivity contribution is 0.0996. The molecule has 0 aliphatic heterocycles. The van der Waals surface area contributed by atoms with Gasteiger partial charge in [0.05, 0.1) is 6.33 Å². The molecule has 1 aromatic heterocycles. The van der Waals surface area contributed by atoms with Gasteiger partial charge in [-0.15, -0.1) is 0 Å². The number of primary amides is 1. The lowest BCUT2D eigenvalue weighted by Gasteiger charge is -1.86. The molecule has 1 aromatic rings. The van der Waals surface area contributed by atoms with Crippen LogP contribution in [0.2, 0.25) is 0 Å². The van der Waals surface area contributed by atoms with Crippen molar-refractivity contribution >= 4 is 5.91 Å². The number of hydrogen-bond donors (Lipinski definition) is 1. The number of unbranched alkanes of at least 4 members (excludes halogenated alkanes) is 3. The van der Waals surface area contributed by atoms with E-state index < -0.39 is 5.91 Å². The third kappa shape index (κ3) is 6.71. The summed E-state index contributed by atoms with van der Waals surface area (Å²) in [7, 11) is 1.78. The molecule has 0 fully saturated rings. The fraction of sp³-hybridized carbons (Fsp3) is 0.636. The first kappa shape index (κ1) is 13.7. The number of hydrogen-bond acceptors (Lipinski definition) is 2. The highest BCUT2D eigenvalue weighted by molar-refractivity contribution is 5.90. The summed E-state index contributed by atoms with van der Waals surface area (Å²) in [5.41, 5.74) is 5.22. The van der Waals surface area contributed by atoms with Gasteiger partial charge in [-0.25, -0.2) is 4.98 Å². The van der Waals surface area contributed by atoms with Gasteiger partial charge in [-0.2, -0.15) is 0 Å². The molecule has 0 spiro atoms. The molecule has 0 aliphatic rings. The third-order valence-corrected chi connectivity index (χ3v) is 1.91. The van der Waals surface area contributed by atoms with Crippen molar-refractivity contribution in [2.75, 3.05) is 0 Å². The van der Waals surface area contributed by atoms with E-state index >= 15 is 0 Å². The third-order valence-electron chi connectivity index (χ3n) is 1.91. The van der Waals surface area contributed by atoms with Crippen LogP contribution in [0.25, 0.3) is 0 Å². The Morgan fingerprint density at radius 3 is 2.13 bits per heavy atom. The Morgan fingerprint density at radius 2 is 1.93 bits per heavy atom. The summed E-state index contributed by atoms with van der Waals surface area (Å²) >= 11 is 0. The molecule has 0 bridgehead atoms. The van der Waals surface area contributed by atoms with Crippen LogP contribution in [0.1, 0.15) is 50.0 Å². The van der Waals surface area contributed by atoms with Crippen LogP contribution in [0.3, 0.4) is 0 Å². The zero-order valence-corrected chi connectivity index (χ0v) is 9.86. The molecule has 86 valence electrons. The van der Waals surface area contributed by atoms with Crippen molar-refractivity contribution in [3.63, 3.8) is 0 Å². The second kappa shape index (κ2) is 8.03. The SMILES string of the molecule is CCCCCC.Cn1cnc(C(N)=O)c1. The molecule has 2 N–H and O–H groups in total. The van der Waals surface area contributed by atoms with E-state index in [1.807, 2.05) is 0 Å². The van der Waals surface area contributed by atoms with E-state index in [1.54, 1.807) is 17.8 Å². The van der Waals surface area contributed by atoms with E-state index in [-0.39, 0.29) is 0 Å². The maximum Gasteiger partial charge on any atom is 0.268 e. The van der Waals surface area contributed by atoms with Gasteiger partial charge in [-0.1, -0.05) is 39.5 Å². The number of imidazole rings is 1. The number of amides is 1. The summed E-state index contributed by atoms with van der Waals surface area (Å²) in [6.45, 7) is 4.46. The van der Waals surface area contributed by atoms with Gasteiger partial charge in [0, 0.05) is 13.2 Å². The summed E-state index contributed by atoms with van der Waals surface area (Å²) in [5, 5.41) is 0. The Kier molecular flexibility index (Phi) is 7.32. The molecule has 0 unspecified atom stereocenters. The Bertz CT molecular complexity index is 277. The average molecular weight is 211 g/mol. The zero-order valence-electron chi connectivity index (χ0n) is 9.86. The van der Waals surface area contributed by atoms with Gasteiger partial charge >= 0.3 is 0 Å². The predicted octanol–water partition coefficient (Wildman–Crippen LogP) is 2.11. The predicted molar refractivity (Wildman–Crippen MR) is 61.5 cm³/mol. The molecule has 4 heteroatoms. The lowest BCUT2D eigenvalue weighted by Crippen LogP contribution is -2.10. The molecule has 1 rings (SSSR count). The van der Waals surface area contributed by atoms with E-state index in [0.29, 0.717) is 5.69 Å². The Labute approximate surface area is 91.5 Å². The highest BCUT2D eigenvalue weighted by Crippen LogP contribution is 1.95. The maximum absolute atomic E-state index is 10.4. The second-order valence-electron chi connectivity index (χ2n) is 3.50. The van der Waals surface area contributed by atoms with E-state index in [2.05, 4.69) is 18.8 Å². The first-order chi connectivity index (χ1) is 7.11. The fourth-order valence-electron chi connectivity index (χ4n) is 1.04. The van der Waals surface area contributed by atoms with E-state index in [1.165, 1.54) is 32.0 Å². The largest absolute Gasteiger partial charge is 0.364 e. The number of nitrogens with zero attached hydrogens (tertiary/aromatic N) is 2. The van der Waals surface area contributed by atoms with Crippen molar-refractivity contribution < 1.29 is 4.79 Å². The van der Waals surface area contributed by atoms with E-state index in [4.69, 9.17) is 5.73 Å². The normalized spacial score (nSPS) is 9.27. The molecular formula is C11H21N3O. The molecule has 1 amide bonds. The van der Waals surface area contributed by atoms with Gasteiger partial charge in [-0.05, 0) is 0 Å². The number of carbonyl (C=O) groups excluding carboxylic acids is 1. The van der Waals surface area contributed by atoms with Crippen molar-refractivity contribution in [2.45, 2.75) is 39.5 Å². The summed E-state index contributed by atoms with van der Waals surface area (Å²) in [5.74, 6) is -0.490. The highest BCUT2D eigenvalue weighted by atomic mass is 16.1. The molecule has 15 heavy (non-hydrogen) atoms. The lowest BCUT2D eigenvalue weighted by atomic mass is 10.2. The van der Waals surface area contributed by atoms with Gasteiger partial charge in [0.1, 0.15) is 5.69 Å². The number of rotatable bonds is 4. The first-order valence-electron chi connectivity index (χ1n) is 5.39. The second-order valence-corrected chi connectivity index (χ2v) is 3.50. The van der Waals surface area contributed by atoms with Crippen LogP contribution < -0.4 is 5.73 Å². The van der Waals surface area contributed by atoms with Crippen LogP contribution in [-0.4, -0.2) is 15.5 Å². The Balaban J connectivity index is 0.000000288. The van der Waals surface area contributed by atoms with Gasteiger partial charge in [0.2, 0.25) is 0 Å². The number of nitrogens with two attached hydrogens (primary N) is 1. The average Bonchev–Trinajstić information content (AvgIpc) is 2.63. The highest BCUT2D eigenvalue weighted by Gasteiger charge is 2.00. The number of carbonyl (C=O) groups is 1. The smallest absolute Gasteiger partial charge is 0.268 e. The topological polar surface area (TPSA) is 60.9 Å². The fourth-order valence-corrected chi connectivity index (χ4v) is 1.04. The van der Waals surface area contributed by atoms with Gasteiger partial charge in [0.25, 0.3) is 5.91 Å². The minimum Gasteiger partial charge on any atom is -0.364 e. The van der Waals surface area contributed by atoms with E-state index in [9.17, 15) is 4.79 Å². The Morgan fingerprint density at radius 1 is 1.40 bits per heavy atom. The molecular weight excluding hydrogens is 190 g/mol. The van der Waals surface area contributed by atoms with Crippen molar-refractivity contribution in [3.8, 4) is 0 Å². The van der Waals surface area contributed by atoms with Crippen LogP contribution in [0.4, 0.5) is 0 Å². The monoisotopic (exact) mass is 211 g/mol. The maximum atomic E-state index is 10.4. The van der Waals surface area contributed by atoms with Gasteiger partial charge < -0.3 is 10.3 Å². The minimum absolute atomic E-state index is 0.303. The van der Waals surface area contributed by atoms with Crippen LogP contribution in [0.5, 0.6) is 0 Å². The standard InChI is InChI=1S/C6H14.C5H7N3O/c1-3-5-6-4-2;1-8-2-4(5(6)9)7-3-8/h3-6H2,1-2H3;2-3H,1H3,(H2,6,9). The van der Waals surface area contributed by atoms with Crippen LogP contribution >= 0.6 is 0 Å². The summed E-state index contributed by atoms with van der Waals surface area (Å²) in [6.07, 6.45) is 8.64. The van der Waals surface area contributed by atoms with Crippen LogP contribution in [-0.2, 0) is 7.05 Å². The van der Waals surface area contributed by atoms with Gasteiger partial charge in [-0.3, -0.25) is 4.79 Å². The van der Waals surface area contributed by atoms with Crippen LogP contribution in [0.15, 0.2) is 12.5 Å². The van der Waals surface area contributed by atoms with Crippen LogP contribution in [0, 0.1) is 0 Å². The molecule has 0 saturated heterocycles. The van der Waals surface area contributed by atoms with Crippen molar-refractivity contribution in [3.05, 3.63) is 18.2 Å². The Hall–Kier alpha value is -1.32. The summed E-state index contributed by atoms with van der Waals surface area (Å²) < 4.78 is 1.67. The molecule has 1 heterocycles. The molecule has 0 aliphatic carbocycles. The molecule has 0 aromatic carbocycles. The van der Waals surface area contributed by atoms with E-state index in [0.717, 1.165) is 0 Å². The quantitative estimate of drug-likeness (QED) is 0.775. The number of aryl methyl sites for hydroxylation is 1. The summed E-state index contributed by atoms with van der Waals surface area (Å²) in [6, 6.07) is 0. The minimum atomic E-state index is -0.490. The zero-order chi connectivity index (χ0) is 11.7.